The quantitative estimate of drug-likeness (QED) is 0.316. The van der Waals surface area contributed by atoms with Crippen LogP contribution in [0, 0.1) is 0 Å². The summed E-state index contributed by atoms with van der Waals surface area (Å²) < 4.78 is 0. The Morgan fingerprint density at radius 3 is 2.79 bits per heavy atom. The molecule has 3 N–H and O–H groups in total. The van der Waals surface area contributed by atoms with Crippen LogP contribution in [-0.4, -0.2) is 11.2 Å². The van der Waals surface area contributed by atoms with Gasteiger partial charge in [-0.05, 0) is 18.1 Å². The molecule has 5 heteroatoms. The van der Waals surface area contributed by atoms with Gasteiger partial charge in [-0.25, -0.2) is 5.84 Å². The Hall–Kier alpha value is -0.710. The van der Waals surface area contributed by atoms with E-state index >= 15 is 0 Å². The maximum atomic E-state index is 11.1. The van der Waals surface area contributed by atoms with Crippen molar-refractivity contribution in [2.45, 2.75) is 11.7 Å². The predicted octanol–water partition coefficient (Wildman–Crippen LogP) is 1.17. The number of amides is 1. The van der Waals surface area contributed by atoms with E-state index in [0.717, 1.165) is 5.56 Å². The van der Waals surface area contributed by atoms with E-state index in [4.69, 9.17) is 17.4 Å². The molecule has 0 saturated carbocycles. The van der Waals surface area contributed by atoms with Crippen molar-refractivity contribution in [1.29, 1.82) is 0 Å². The lowest BCUT2D eigenvalue weighted by atomic mass is 10.1. The van der Waals surface area contributed by atoms with Crippen molar-refractivity contribution in [2.75, 3.05) is 0 Å². The minimum atomic E-state index is -0.472. The Morgan fingerprint density at radius 1 is 1.57 bits per heavy atom. The first kappa shape index (κ1) is 11.4. The molecule has 0 fully saturated rings. The molecule has 1 atom stereocenters. The first-order valence-corrected chi connectivity index (χ1v) is 4.96. The van der Waals surface area contributed by atoms with Gasteiger partial charge < -0.3 is 0 Å². The second kappa shape index (κ2) is 5.24. The Morgan fingerprint density at radius 2 is 2.21 bits per heavy atom. The van der Waals surface area contributed by atoms with Crippen LogP contribution >= 0.6 is 24.2 Å². The van der Waals surface area contributed by atoms with E-state index in [1.165, 1.54) is 0 Å². The summed E-state index contributed by atoms with van der Waals surface area (Å²) in [4.78, 5) is 11.1. The third-order valence-electron chi connectivity index (χ3n) is 1.82. The Balaban J connectivity index is 2.69. The highest BCUT2D eigenvalue weighted by Gasteiger charge is 2.14. The van der Waals surface area contributed by atoms with Gasteiger partial charge in [0.25, 0.3) is 0 Å². The molecule has 1 rings (SSSR count). The Kier molecular flexibility index (Phi) is 4.25. The van der Waals surface area contributed by atoms with E-state index in [2.05, 4.69) is 12.6 Å². The van der Waals surface area contributed by atoms with Crippen molar-refractivity contribution >= 4 is 30.1 Å². The minimum absolute atomic E-state index is 0.312. The van der Waals surface area contributed by atoms with Crippen LogP contribution in [0.2, 0.25) is 5.02 Å². The normalized spacial score (nSPS) is 12.2. The first-order chi connectivity index (χ1) is 6.65. The molecular weight excluding hydrogens is 220 g/mol. The molecule has 0 radical (unpaired) electrons. The standard InChI is InChI=1S/C9H11ClN2OS/c10-7-4-2-1-3-6(7)5-8(14)9(13)12-11/h1-4,8,14H,5,11H2,(H,12,13). The molecule has 3 nitrogen and oxygen atoms in total. The topological polar surface area (TPSA) is 55.1 Å². The Bertz CT molecular complexity index is 332. The van der Waals surface area contributed by atoms with Crippen molar-refractivity contribution < 1.29 is 4.79 Å². The van der Waals surface area contributed by atoms with Gasteiger partial charge >= 0.3 is 0 Å². The van der Waals surface area contributed by atoms with E-state index in [1.54, 1.807) is 6.07 Å². The van der Waals surface area contributed by atoms with Crippen LogP contribution < -0.4 is 11.3 Å². The molecule has 0 saturated heterocycles. The molecule has 0 aliphatic carbocycles. The molecule has 1 aromatic carbocycles. The van der Waals surface area contributed by atoms with Gasteiger partial charge in [0.15, 0.2) is 0 Å². The number of hydrogen-bond donors (Lipinski definition) is 3. The number of carbonyl (C=O) groups excluding carboxylic acids is 1. The second-order valence-corrected chi connectivity index (χ2v) is 3.85. The number of benzene rings is 1. The number of rotatable bonds is 3. The maximum Gasteiger partial charge on any atom is 0.247 e. The lowest BCUT2D eigenvalue weighted by Crippen LogP contribution is -2.37. The van der Waals surface area contributed by atoms with Crippen LogP contribution in [0.1, 0.15) is 5.56 Å². The zero-order chi connectivity index (χ0) is 10.6. The number of nitrogens with one attached hydrogen (secondary N) is 1. The van der Waals surface area contributed by atoms with Crippen LogP contribution in [0.25, 0.3) is 0 Å². The molecule has 0 aliphatic rings. The summed E-state index contributed by atoms with van der Waals surface area (Å²) >= 11 is 10.0. The number of halogens is 1. The van der Waals surface area contributed by atoms with E-state index in [1.807, 2.05) is 23.6 Å². The van der Waals surface area contributed by atoms with Crippen molar-refractivity contribution in [3.05, 3.63) is 34.9 Å². The highest BCUT2D eigenvalue weighted by atomic mass is 35.5. The predicted molar refractivity (Wildman–Crippen MR) is 60.3 cm³/mol. The van der Waals surface area contributed by atoms with Crippen molar-refractivity contribution in [3.63, 3.8) is 0 Å². The summed E-state index contributed by atoms with van der Waals surface area (Å²) in [6.07, 6.45) is 0.464. The van der Waals surface area contributed by atoms with Crippen molar-refractivity contribution in [1.82, 2.24) is 5.43 Å². The average molecular weight is 231 g/mol. The maximum absolute atomic E-state index is 11.1. The fourth-order valence-electron chi connectivity index (χ4n) is 1.06. The molecule has 0 spiro atoms. The van der Waals surface area contributed by atoms with Crippen molar-refractivity contribution in [2.24, 2.45) is 5.84 Å². The molecular formula is C9H11ClN2OS. The number of thiol groups is 1. The summed E-state index contributed by atoms with van der Waals surface area (Å²) in [5.74, 6) is 4.67. The molecule has 14 heavy (non-hydrogen) atoms. The van der Waals surface area contributed by atoms with Gasteiger partial charge in [0.05, 0.1) is 5.25 Å². The lowest BCUT2D eigenvalue weighted by molar-refractivity contribution is -0.120. The molecule has 0 bridgehead atoms. The zero-order valence-corrected chi connectivity index (χ0v) is 9.05. The summed E-state index contributed by atoms with van der Waals surface area (Å²) in [7, 11) is 0. The van der Waals surface area contributed by atoms with Crippen molar-refractivity contribution in [3.8, 4) is 0 Å². The lowest BCUT2D eigenvalue weighted by Gasteiger charge is -2.09. The summed E-state index contributed by atoms with van der Waals surface area (Å²) in [6, 6.07) is 7.33. The SMILES string of the molecule is NNC(=O)C(S)Cc1ccccc1Cl. The molecule has 1 unspecified atom stereocenters. The Labute approximate surface area is 93.0 Å². The van der Waals surface area contributed by atoms with Gasteiger partial charge in [0.1, 0.15) is 0 Å². The van der Waals surface area contributed by atoms with Crippen LogP contribution in [-0.2, 0) is 11.2 Å². The zero-order valence-electron chi connectivity index (χ0n) is 7.40. The molecule has 0 heterocycles. The highest BCUT2D eigenvalue weighted by Crippen LogP contribution is 2.18. The van der Waals surface area contributed by atoms with Crippen LogP contribution in [0.5, 0.6) is 0 Å². The van der Waals surface area contributed by atoms with E-state index in [9.17, 15) is 4.79 Å². The smallest absolute Gasteiger partial charge is 0.247 e. The summed E-state index contributed by atoms with van der Waals surface area (Å²) in [5.41, 5.74) is 2.93. The monoisotopic (exact) mass is 230 g/mol. The summed E-state index contributed by atoms with van der Waals surface area (Å²) in [5, 5.41) is 0.163. The van der Waals surface area contributed by atoms with Crippen LogP contribution in [0.4, 0.5) is 0 Å². The molecule has 1 aromatic rings. The summed E-state index contributed by atoms with van der Waals surface area (Å²) in [6.45, 7) is 0. The fourth-order valence-corrected chi connectivity index (χ4v) is 1.55. The molecule has 0 aliphatic heterocycles. The fraction of sp³-hybridized carbons (Fsp3) is 0.222. The van der Waals surface area contributed by atoms with Gasteiger partial charge in [-0.2, -0.15) is 12.6 Å². The molecule has 76 valence electrons. The molecule has 0 aromatic heterocycles. The second-order valence-electron chi connectivity index (χ2n) is 2.82. The number of nitrogens with two attached hydrogens (primary N) is 1. The number of hydrazine groups is 1. The first-order valence-electron chi connectivity index (χ1n) is 4.07. The van der Waals surface area contributed by atoms with E-state index in [0.29, 0.717) is 11.4 Å². The van der Waals surface area contributed by atoms with E-state index < -0.39 is 5.25 Å². The van der Waals surface area contributed by atoms with Gasteiger partial charge in [-0.15, -0.1) is 0 Å². The molecule has 1 amide bonds. The van der Waals surface area contributed by atoms with Gasteiger partial charge in [0.2, 0.25) is 5.91 Å². The van der Waals surface area contributed by atoms with Gasteiger partial charge in [0, 0.05) is 5.02 Å². The van der Waals surface area contributed by atoms with Crippen LogP contribution in [0.3, 0.4) is 0 Å². The van der Waals surface area contributed by atoms with E-state index in [-0.39, 0.29) is 5.91 Å². The van der Waals surface area contributed by atoms with Gasteiger partial charge in [-0.1, -0.05) is 29.8 Å². The van der Waals surface area contributed by atoms with Gasteiger partial charge in [-0.3, -0.25) is 10.2 Å². The van der Waals surface area contributed by atoms with Crippen LogP contribution in [0.15, 0.2) is 24.3 Å². The number of hydrogen-bond acceptors (Lipinski definition) is 3. The minimum Gasteiger partial charge on any atom is -0.293 e. The highest BCUT2D eigenvalue weighted by molar-refractivity contribution is 7.81. The average Bonchev–Trinajstić information content (AvgIpc) is 2.20. The third kappa shape index (κ3) is 2.90. The number of carbonyl (C=O) groups is 1. The third-order valence-corrected chi connectivity index (χ3v) is 2.60. The largest absolute Gasteiger partial charge is 0.293 e.